The Kier molecular flexibility index (Phi) is 8.09. The minimum Gasteiger partial charge on any atom is -0.492 e. The Balaban J connectivity index is 1.30. The van der Waals surface area contributed by atoms with Crippen molar-refractivity contribution in [2.75, 3.05) is 50.2 Å². The molecule has 0 aromatic heterocycles. The summed E-state index contributed by atoms with van der Waals surface area (Å²) in [5.74, 6) is 2.60. The minimum atomic E-state index is -0.114. The number of hydrogen-bond acceptors (Lipinski definition) is 8. The van der Waals surface area contributed by atoms with Gasteiger partial charge in [0.15, 0.2) is 18.2 Å². The van der Waals surface area contributed by atoms with Gasteiger partial charge in [-0.3, -0.25) is 9.69 Å². The second-order valence-electron chi connectivity index (χ2n) is 9.32. The lowest BCUT2D eigenvalue weighted by atomic mass is 10.1. The third kappa shape index (κ3) is 6.05. The molecule has 3 aromatic carbocycles. The number of benzene rings is 3. The maximum atomic E-state index is 12.8. The van der Waals surface area contributed by atoms with Crippen LogP contribution >= 0.6 is 11.6 Å². The average Bonchev–Trinajstić information content (AvgIpc) is 2.96. The Morgan fingerprint density at radius 2 is 1.79 bits per heavy atom. The molecular weight excluding hydrogens is 518 g/mol. The van der Waals surface area contributed by atoms with Crippen LogP contribution in [0.25, 0.3) is 0 Å². The maximum Gasteiger partial charge on any atom is 0.260 e. The third-order valence-corrected chi connectivity index (χ3v) is 7.02. The minimum absolute atomic E-state index is 0.0159. The Hall–Kier alpha value is -3.95. The highest BCUT2D eigenvalue weighted by Gasteiger charge is 2.34. The van der Waals surface area contributed by atoms with Gasteiger partial charge in [-0.1, -0.05) is 23.7 Å². The van der Waals surface area contributed by atoms with Crippen LogP contribution in [0.1, 0.15) is 13.8 Å². The standard InChI is InChI=1S/C29H32ClN5O4/c1-3-37-27-7-5-4-6-25(27)35-29(32-24-18-22(31)10-13-26(24)39-35)20(2)33-14-16-34(17-15-33)28(36)19-38-23-11-8-21(30)9-12-23/h4-13,18,20H,3,14-17,19,31H2,1-2H3. The number of nitrogen functional groups attached to an aromatic ring is 1. The summed E-state index contributed by atoms with van der Waals surface area (Å²) in [5, 5.41) is 2.37. The van der Waals surface area contributed by atoms with Gasteiger partial charge in [0, 0.05) is 36.9 Å². The topological polar surface area (TPSA) is 92.9 Å². The van der Waals surface area contributed by atoms with E-state index in [4.69, 9.17) is 36.6 Å². The smallest absolute Gasteiger partial charge is 0.260 e. The fourth-order valence-corrected chi connectivity index (χ4v) is 4.77. The number of amidine groups is 1. The Morgan fingerprint density at radius 3 is 2.54 bits per heavy atom. The zero-order chi connectivity index (χ0) is 27.4. The van der Waals surface area contributed by atoms with Crippen LogP contribution in [0.15, 0.2) is 71.7 Å². The van der Waals surface area contributed by atoms with Crippen LogP contribution in [0.2, 0.25) is 5.02 Å². The van der Waals surface area contributed by atoms with Gasteiger partial charge in [0.25, 0.3) is 5.91 Å². The molecule has 2 aliphatic heterocycles. The molecule has 3 aromatic rings. The fraction of sp³-hybridized carbons (Fsp3) is 0.310. The van der Waals surface area contributed by atoms with Crippen LogP contribution in [0.3, 0.4) is 0 Å². The van der Waals surface area contributed by atoms with Gasteiger partial charge in [-0.05, 0) is 68.4 Å². The monoisotopic (exact) mass is 549 g/mol. The summed E-state index contributed by atoms with van der Waals surface area (Å²) < 4.78 is 11.6. The van der Waals surface area contributed by atoms with Crippen molar-refractivity contribution >= 4 is 40.4 Å². The van der Waals surface area contributed by atoms with Crippen molar-refractivity contribution in [1.29, 1.82) is 0 Å². The number of aliphatic imine (C=N–C) groups is 1. The number of carbonyl (C=O) groups is 1. The van der Waals surface area contributed by atoms with E-state index in [0.29, 0.717) is 72.3 Å². The van der Waals surface area contributed by atoms with E-state index in [2.05, 4.69) is 11.8 Å². The highest BCUT2D eigenvalue weighted by atomic mass is 35.5. The average molecular weight is 550 g/mol. The van der Waals surface area contributed by atoms with Crippen molar-refractivity contribution in [2.45, 2.75) is 19.9 Å². The zero-order valence-electron chi connectivity index (χ0n) is 22.0. The van der Waals surface area contributed by atoms with E-state index in [9.17, 15) is 4.79 Å². The number of ether oxygens (including phenoxy) is 2. The molecule has 1 amide bonds. The van der Waals surface area contributed by atoms with Crippen LogP contribution < -0.4 is 25.1 Å². The van der Waals surface area contributed by atoms with E-state index in [1.807, 2.05) is 48.2 Å². The van der Waals surface area contributed by atoms with Crippen LogP contribution in [0.4, 0.5) is 17.1 Å². The van der Waals surface area contributed by atoms with Crippen molar-refractivity contribution in [2.24, 2.45) is 4.99 Å². The van der Waals surface area contributed by atoms with Crippen molar-refractivity contribution < 1.29 is 19.1 Å². The first-order valence-electron chi connectivity index (χ1n) is 13.0. The predicted octanol–water partition coefficient (Wildman–Crippen LogP) is 4.78. The highest BCUT2D eigenvalue weighted by molar-refractivity contribution is 6.30. The number of nitrogens with zero attached hydrogens (tertiary/aromatic N) is 4. The molecule has 1 unspecified atom stereocenters. The summed E-state index contributed by atoms with van der Waals surface area (Å²) in [6.07, 6.45) is 0. The summed E-state index contributed by atoms with van der Waals surface area (Å²) >= 11 is 5.92. The van der Waals surface area contributed by atoms with Gasteiger partial charge < -0.3 is 24.9 Å². The molecule has 9 nitrogen and oxygen atoms in total. The number of piperazine rings is 1. The highest BCUT2D eigenvalue weighted by Crippen LogP contribution is 2.39. The van der Waals surface area contributed by atoms with Gasteiger partial charge in [-0.2, -0.15) is 5.06 Å². The van der Waals surface area contributed by atoms with E-state index < -0.39 is 0 Å². The molecule has 0 bridgehead atoms. The summed E-state index contributed by atoms with van der Waals surface area (Å²) in [6, 6.07) is 20.0. The molecule has 10 heteroatoms. The molecule has 5 rings (SSSR count). The van der Waals surface area contributed by atoms with Crippen LogP contribution in [-0.2, 0) is 4.79 Å². The van der Waals surface area contributed by atoms with E-state index in [1.165, 1.54) is 0 Å². The number of hydroxylamine groups is 1. The Bertz CT molecular complexity index is 1340. The SMILES string of the molecule is CCOc1ccccc1N1Oc2ccc(N)cc2N=C1C(C)N1CCN(C(=O)COc2ccc(Cl)cc2)CC1. The van der Waals surface area contributed by atoms with Gasteiger partial charge >= 0.3 is 0 Å². The molecule has 2 heterocycles. The van der Waals surface area contributed by atoms with Crippen molar-refractivity contribution in [3.63, 3.8) is 0 Å². The van der Waals surface area contributed by atoms with Crippen molar-refractivity contribution in [3.8, 4) is 17.2 Å². The summed E-state index contributed by atoms with van der Waals surface area (Å²) in [6.45, 7) is 7.08. The summed E-state index contributed by atoms with van der Waals surface area (Å²) in [7, 11) is 0. The van der Waals surface area contributed by atoms with E-state index in [1.54, 1.807) is 35.4 Å². The van der Waals surface area contributed by atoms with Crippen LogP contribution in [0, 0.1) is 0 Å². The van der Waals surface area contributed by atoms with Gasteiger partial charge in [-0.25, -0.2) is 4.99 Å². The molecule has 0 saturated carbocycles. The lowest BCUT2D eigenvalue weighted by molar-refractivity contribution is -0.135. The molecule has 0 spiro atoms. The number of carbonyl (C=O) groups excluding carboxylic acids is 1. The third-order valence-electron chi connectivity index (χ3n) is 6.76. The largest absolute Gasteiger partial charge is 0.492 e. The molecule has 0 aliphatic carbocycles. The second kappa shape index (κ2) is 11.8. The number of anilines is 2. The molecule has 2 aliphatic rings. The Morgan fingerprint density at radius 1 is 1.05 bits per heavy atom. The first-order valence-corrected chi connectivity index (χ1v) is 13.4. The summed E-state index contributed by atoms with van der Waals surface area (Å²) in [5.41, 5.74) is 8.10. The quantitative estimate of drug-likeness (QED) is 0.404. The number of rotatable bonds is 8. The second-order valence-corrected chi connectivity index (χ2v) is 9.76. The number of fused-ring (bicyclic) bond motifs is 1. The molecule has 1 saturated heterocycles. The normalized spacial score (nSPS) is 16.1. The van der Waals surface area contributed by atoms with Gasteiger partial charge in [0.05, 0.1) is 12.6 Å². The number of para-hydroxylation sites is 2. The van der Waals surface area contributed by atoms with Crippen molar-refractivity contribution in [1.82, 2.24) is 9.80 Å². The predicted molar refractivity (Wildman–Crippen MR) is 153 cm³/mol. The lowest BCUT2D eigenvalue weighted by Crippen LogP contribution is -2.57. The van der Waals surface area contributed by atoms with Crippen molar-refractivity contribution in [3.05, 3.63) is 71.8 Å². The molecule has 204 valence electrons. The lowest BCUT2D eigenvalue weighted by Gasteiger charge is -2.41. The van der Waals surface area contributed by atoms with Crippen LogP contribution in [0.5, 0.6) is 17.2 Å². The van der Waals surface area contributed by atoms with Crippen LogP contribution in [-0.4, -0.2) is 67.0 Å². The van der Waals surface area contributed by atoms with Gasteiger partial charge in [0.2, 0.25) is 0 Å². The van der Waals surface area contributed by atoms with E-state index in [0.717, 1.165) is 5.69 Å². The molecule has 39 heavy (non-hydrogen) atoms. The molecule has 1 atom stereocenters. The van der Waals surface area contributed by atoms with Gasteiger partial charge in [-0.15, -0.1) is 0 Å². The molecular formula is C29H32ClN5O4. The first kappa shape index (κ1) is 26.6. The molecule has 2 N–H and O–H groups in total. The number of nitrogens with two attached hydrogens (primary N) is 1. The van der Waals surface area contributed by atoms with E-state index >= 15 is 0 Å². The number of halogens is 1. The maximum absolute atomic E-state index is 12.8. The number of hydrogen-bond donors (Lipinski definition) is 1. The van der Waals surface area contributed by atoms with Gasteiger partial charge in [0.1, 0.15) is 22.9 Å². The number of amides is 1. The molecule has 0 radical (unpaired) electrons. The zero-order valence-corrected chi connectivity index (χ0v) is 22.8. The Labute approximate surface area is 233 Å². The summed E-state index contributed by atoms with van der Waals surface area (Å²) in [4.78, 5) is 28.3. The van der Waals surface area contributed by atoms with E-state index in [-0.39, 0.29) is 18.6 Å². The molecule has 1 fully saturated rings. The first-order chi connectivity index (χ1) is 18.9. The fourth-order valence-electron chi connectivity index (χ4n) is 4.64.